The number of anilines is 1. The number of hydrogen-bond donors (Lipinski definition) is 0. The molecule has 8 nitrogen and oxygen atoms in total. The molecule has 2 heterocycles. The molecule has 2 unspecified atom stereocenters. The lowest BCUT2D eigenvalue weighted by atomic mass is 9.89. The summed E-state index contributed by atoms with van der Waals surface area (Å²) in [4.78, 5) is 46.0. The summed E-state index contributed by atoms with van der Waals surface area (Å²) in [6, 6.07) is 25.8. The predicted molar refractivity (Wildman–Crippen MR) is 168 cm³/mol. The quantitative estimate of drug-likeness (QED) is 0.314. The van der Waals surface area contributed by atoms with Crippen molar-refractivity contribution in [1.29, 1.82) is 0 Å². The van der Waals surface area contributed by atoms with Gasteiger partial charge in [-0.1, -0.05) is 54.6 Å². The molecule has 3 aromatic carbocycles. The van der Waals surface area contributed by atoms with E-state index in [0.717, 1.165) is 42.1 Å². The molecular weight excluding hydrogens is 562 g/mol. The second-order valence-electron chi connectivity index (χ2n) is 11.1. The molecule has 0 aliphatic carbocycles. The first kappa shape index (κ1) is 30.6. The van der Waals surface area contributed by atoms with E-state index in [1.54, 1.807) is 12.0 Å². The smallest absolute Gasteiger partial charge is 0.303 e. The Morgan fingerprint density at radius 3 is 2.28 bits per heavy atom. The number of methoxy groups -OCH3 is 1. The van der Waals surface area contributed by atoms with Crippen LogP contribution in [0.4, 0.5) is 5.69 Å². The van der Waals surface area contributed by atoms with E-state index in [9.17, 15) is 14.4 Å². The zero-order valence-corrected chi connectivity index (χ0v) is 25.8. The third-order valence-corrected chi connectivity index (χ3v) is 9.53. The molecule has 0 radical (unpaired) electrons. The highest BCUT2D eigenvalue weighted by Crippen LogP contribution is 2.46. The summed E-state index contributed by atoms with van der Waals surface area (Å²) < 4.78 is 11.0. The number of benzene rings is 3. The fourth-order valence-electron chi connectivity index (χ4n) is 5.81. The highest BCUT2D eigenvalue weighted by Gasteiger charge is 2.40. The zero-order chi connectivity index (χ0) is 30.3. The molecule has 3 aromatic rings. The van der Waals surface area contributed by atoms with Crippen LogP contribution in [0.15, 0.2) is 83.8 Å². The number of para-hydroxylation sites is 1. The maximum atomic E-state index is 14.1. The van der Waals surface area contributed by atoms with Crippen molar-refractivity contribution in [2.45, 2.75) is 41.9 Å². The summed E-state index contributed by atoms with van der Waals surface area (Å²) in [5.41, 5.74) is 2.97. The molecule has 2 aliphatic heterocycles. The zero-order valence-electron chi connectivity index (χ0n) is 25.0. The van der Waals surface area contributed by atoms with Crippen LogP contribution in [0.25, 0.3) is 0 Å². The molecule has 2 atom stereocenters. The minimum Gasteiger partial charge on any atom is -0.497 e. The molecule has 43 heavy (non-hydrogen) atoms. The van der Waals surface area contributed by atoms with Gasteiger partial charge in [-0.3, -0.25) is 19.3 Å². The molecule has 2 aliphatic rings. The third-order valence-electron chi connectivity index (χ3n) is 8.16. The number of likely N-dealkylation sites (tertiary alicyclic amines) is 1. The van der Waals surface area contributed by atoms with Crippen LogP contribution in [0.1, 0.15) is 42.1 Å². The molecule has 0 bridgehead atoms. The van der Waals surface area contributed by atoms with Crippen molar-refractivity contribution in [3.05, 3.63) is 90.0 Å². The number of ether oxygens (including phenoxy) is 2. The molecule has 1 saturated heterocycles. The van der Waals surface area contributed by atoms with E-state index in [1.165, 1.54) is 24.2 Å². The van der Waals surface area contributed by atoms with Crippen LogP contribution < -0.4 is 9.64 Å². The van der Waals surface area contributed by atoms with Crippen LogP contribution in [0.2, 0.25) is 0 Å². The molecule has 2 amide bonds. The summed E-state index contributed by atoms with van der Waals surface area (Å²) in [6.07, 6.45) is 0.910. The van der Waals surface area contributed by atoms with Crippen molar-refractivity contribution < 1.29 is 23.9 Å². The van der Waals surface area contributed by atoms with Gasteiger partial charge < -0.3 is 19.3 Å². The van der Waals surface area contributed by atoms with Gasteiger partial charge in [-0.25, -0.2) is 0 Å². The maximum absolute atomic E-state index is 14.1. The Hall–Kier alpha value is -3.82. The van der Waals surface area contributed by atoms with Gasteiger partial charge in [0.25, 0.3) is 5.91 Å². The van der Waals surface area contributed by atoms with Gasteiger partial charge >= 0.3 is 5.97 Å². The minimum absolute atomic E-state index is 0.101. The Morgan fingerprint density at radius 1 is 0.930 bits per heavy atom. The van der Waals surface area contributed by atoms with Crippen LogP contribution >= 0.6 is 11.8 Å². The number of amides is 2. The number of piperidine rings is 1. The van der Waals surface area contributed by atoms with E-state index < -0.39 is 17.3 Å². The lowest BCUT2D eigenvalue weighted by Gasteiger charge is -2.33. The largest absolute Gasteiger partial charge is 0.497 e. The van der Waals surface area contributed by atoms with Gasteiger partial charge in [-0.15, -0.1) is 11.8 Å². The topological polar surface area (TPSA) is 79.4 Å². The van der Waals surface area contributed by atoms with Gasteiger partial charge in [0.2, 0.25) is 5.91 Å². The molecule has 0 aromatic heterocycles. The standard InChI is InChI=1S/C34H39N3O5S/c1-24(38)42-32-33(27-13-15-28(41-3)16-14-27)43-30-12-8-7-11-29(30)37(34(32)40)22-21-35(2)23-31(39)36-19-17-26(18-20-36)25-9-5-4-6-10-25/h4-16,26,32-33H,17-23H2,1-3H3. The van der Waals surface area contributed by atoms with Crippen LogP contribution in [0.3, 0.4) is 0 Å². The van der Waals surface area contributed by atoms with Gasteiger partial charge in [-0.2, -0.15) is 0 Å². The normalized spacial score (nSPS) is 19.1. The lowest BCUT2D eigenvalue weighted by molar-refractivity contribution is -0.152. The number of carbonyl (C=O) groups excluding carboxylic acids is 3. The lowest BCUT2D eigenvalue weighted by Crippen LogP contribution is -2.47. The van der Waals surface area contributed by atoms with Gasteiger partial charge in [0.1, 0.15) is 5.75 Å². The molecule has 9 heteroatoms. The summed E-state index contributed by atoms with van der Waals surface area (Å²) in [7, 11) is 3.51. The Morgan fingerprint density at radius 2 is 1.60 bits per heavy atom. The summed E-state index contributed by atoms with van der Waals surface area (Å²) in [5, 5.41) is -0.438. The van der Waals surface area contributed by atoms with Crippen LogP contribution in [0.5, 0.6) is 5.75 Å². The highest BCUT2D eigenvalue weighted by atomic mass is 32.2. The van der Waals surface area contributed by atoms with E-state index in [0.29, 0.717) is 24.8 Å². The Balaban J connectivity index is 1.26. The maximum Gasteiger partial charge on any atom is 0.303 e. The van der Waals surface area contributed by atoms with Crippen molar-refractivity contribution in [2.24, 2.45) is 0 Å². The number of hydrogen-bond acceptors (Lipinski definition) is 7. The Labute approximate surface area is 257 Å². The monoisotopic (exact) mass is 601 g/mol. The van der Waals surface area contributed by atoms with Crippen LogP contribution in [-0.2, 0) is 19.1 Å². The molecule has 1 fully saturated rings. The van der Waals surface area contributed by atoms with Crippen LogP contribution in [0, 0.1) is 0 Å². The SMILES string of the molecule is COc1ccc(C2Sc3ccccc3N(CCN(C)CC(=O)N3CCC(c4ccccc4)CC3)C(=O)C2OC(C)=O)cc1. The number of likely N-dealkylation sites (N-methyl/N-ethyl adjacent to an activating group) is 1. The molecular formula is C34H39N3O5S. The fourth-order valence-corrected chi connectivity index (χ4v) is 7.12. The van der Waals surface area contributed by atoms with Crippen molar-refractivity contribution in [3.63, 3.8) is 0 Å². The fraction of sp³-hybridized carbons (Fsp3) is 0.382. The first-order valence-electron chi connectivity index (χ1n) is 14.7. The van der Waals surface area contributed by atoms with Gasteiger partial charge in [-0.05, 0) is 61.2 Å². The van der Waals surface area contributed by atoms with E-state index in [1.807, 2.05) is 71.4 Å². The molecule has 226 valence electrons. The van der Waals surface area contributed by atoms with Crippen molar-refractivity contribution >= 4 is 35.2 Å². The number of fused-ring (bicyclic) bond motifs is 1. The first-order chi connectivity index (χ1) is 20.8. The van der Waals surface area contributed by atoms with Gasteiger partial charge in [0.15, 0.2) is 6.10 Å². The van der Waals surface area contributed by atoms with E-state index in [2.05, 4.69) is 24.3 Å². The Bertz CT molecular complexity index is 1410. The van der Waals surface area contributed by atoms with Crippen molar-refractivity contribution in [2.75, 3.05) is 51.8 Å². The Kier molecular flexibility index (Phi) is 10.0. The summed E-state index contributed by atoms with van der Waals surface area (Å²) in [6.45, 7) is 3.93. The second kappa shape index (κ2) is 14.1. The minimum atomic E-state index is -1.01. The van der Waals surface area contributed by atoms with Crippen molar-refractivity contribution in [3.8, 4) is 5.75 Å². The average molecular weight is 602 g/mol. The number of carbonyl (C=O) groups is 3. The second-order valence-corrected chi connectivity index (χ2v) is 12.3. The molecule has 0 saturated carbocycles. The first-order valence-corrected chi connectivity index (χ1v) is 15.6. The van der Waals surface area contributed by atoms with E-state index in [4.69, 9.17) is 9.47 Å². The van der Waals surface area contributed by atoms with E-state index in [-0.39, 0.29) is 18.4 Å². The summed E-state index contributed by atoms with van der Waals surface area (Å²) in [5.74, 6) is 0.502. The summed E-state index contributed by atoms with van der Waals surface area (Å²) >= 11 is 1.51. The van der Waals surface area contributed by atoms with Crippen molar-refractivity contribution in [1.82, 2.24) is 9.80 Å². The number of nitrogens with zero attached hydrogens (tertiary/aromatic N) is 3. The molecule has 0 spiro atoms. The average Bonchev–Trinajstić information content (AvgIpc) is 3.14. The number of thioether (sulfide) groups is 1. The van der Waals surface area contributed by atoms with Crippen LogP contribution in [-0.4, -0.2) is 80.6 Å². The molecule has 0 N–H and O–H groups in total. The number of rotatable bonds is 9. The predicted octanol–water partition coefficient (Wildman–Crippen LogP) is 5.14. The van der Waals surface area contributed by atoms with Gasteiger partial charge in [0, 0.05) is 38.0 Å². The van der Waals surface area contributed by atoms with E-state index >= 15 is 0 Å². The third kappa shape index (κ3) is 7.40. The molecule has 5 rings (SSSR count). The van der Waals surface area contributed by atoms with Gasteiger partial charge in [0.05, 0.1) is 24.6 Å². The number of esters is 1. The highest BCUT2D eigenvalue weighted by molar-refractivity contribution is 7.99.